The van der Waals surface area contributed by atoms with Crippen LogP contribution in [0.1, 0.15) is 0 Å². The number of amidine groups is 1. The molecule has 0 N–H and O–H groups in total. The van der Waals surface area contributed by atoms with E-state index in [9.17, 15) is 17.6 Å². The molecule has 0 saturated carbocycles. The molecule has 1 amide bonds. The first-order valence-corrected chi connectivity index (χ1v) is 11.8. The number of anilines is 1. The molecule has 2 aliphatic rings. The number of amides is 1. The van der Waals surface area contributed by atoms with Crippen molar-refractivity contribution in [1.82, 2.24) is 4.90 Å². The number of nitrogens with zero attached hydrogens (tertiary/aromatic N) is 3. The quantitative estimate of drug-likeness (QED) is 0.506. The zero-order chi connectivity index (χ0) is 21.5. The van der Waals surface area contributed by atoms with Crippen molar-refractivity contribution in [2.75, 3.05) is 18.5 Å². The Morgan fingerprint density at radius 2 is 1.83 bits per heavy atom. The SMILES string of the molecule is C=CCN1C(=O)/C(=C2\Sc3ccccc3N2C)SC1=NS(=O)(=O)c1ccc(F)cc1. The lowest BCUT2D eigenvalue weighted by Gasteiger charge is -2.15. The van der Waals surface area contributed by atoms with E-state index in [4.69, 9.17) is 0 Å². The second kappa shape index (κ2) is 7.93. The Morgan fingerprint density at radius 1 is 1.13 bits per heavy atom. The largest absolute Gasteiger partial charge is 0.337 e. The number of carbonyl (C=O) groups excluding carboxylic acids is 1. The highest BCUT2D eigenvalue weighted by atomic mass is 32.2. The Kier molecular flexibility index (Phi) is 5.48. The highest BCUT2D eigenvalue weighted by Crippen LogP contribution is 2.49. The van der Waals surface area contributed by atoms with Crippen molar-refractivity contribution in [3.05, 3.63) is 76.9 Å². The Hall–Kier alpha value is -2.56. The number of sulfonamides is 1. The van der Waals surface area contributed by atoms with E-state index in [1.54, 1.807) is 0 Å². The van der Waals surface area contributed by atoms with Gasteiger partial charge in [0.1, 0.15) is 10.7 Å². The van der Waals surface area contributed by atoms with Crippen LogP contribution >= 0.6 is 23.5 Å². The third-order valence-corrected chi connectivity index (χ3v) is 8.25. The summed E-state index contributed by atoms with van der Waals surface area (Å²) in [7, 11) is -2.26. The first-order chi connectivity index (χ1) is 14.3. The van der Waals surface area contributed by atoms with Gasteiger partial charge in [-0.1, -0.05) is 30.0 Å². The van der Waals surface area contributed by atoms with Gasteiger partial charge in [0, 0.05) is 18.5 Å². The van der Waals surface area contributed by atoms with Crippen LogP contribution in [0.3, 0.4) is 0 Å². The lowest BCUT2D eigenvalue weighted by atomic mass is 10.3. The summed E-state index contributed by atoms with van der Waals surface area (Å²) >= 11 is 2.45. The summed E-state index contributed by atoms with van der Waals surface area (Å²) in [5, 5.41) is 0.751. The van der Waals surface area contributed by atoms with E-state index in [1.165, 1.54) is 22.7 Å². The molecular formula is C20H16FN3O3S3. The molecule has 6 nitrogen and oxygen atoms in total. The minimum atomic E-state index is -4.12. The number of benzene rings is 2. The zero-order valence-electron chi connectivity index (χ0n) is 15.8. The van der Waals surface area contributed by atoms with Crippen molar-refractivity contribution in [2.45, 2.75) is 9.79 Å². The third kappa shape index (κ3) is 3.66. The van der Waals surface area contributed by atoms with Crippen LogP contribution in [0.2, 0.25) is 0 Å². The molecule has 1 fully saturated rings. The molecule has 0 atom stereocenters. The van der Waals surface area contributed by atoms with Crippen molar-refractivity contribution in [1.29, 1.82) is 0 Å². The molecule has 0 spiro atoms. The van der Waals surface area contributed by atoms with E-state index in [2.05, 4.69) is 11.0 Å². The standard InChI is InChI=1S/C20H16FN3O3S3/c1-3-12-24-18(25)17(19-23(2)15-6-4-5-7-16(15)28-19)29-20(24)22-30(26,27)14-10-8-13(21)9-11-14/h3-11H,1,12H2,2H3/b19-17+,22-20?. The van der Waals surface area contributed by atoms with Gasteiger partial charge in [0.2, 0.25) is 0 Å². The molecule has 0 aliphatic carbocycles. The van der Waals surface area contributed by atoms with E-state index >= 15 is 0 Å². The van der Waals surface area contributed by atoms with Gasteiger partial charge in [-0.2, -0.15) is 8.42 Å². The lowest BCUT2D eigenvalue weighted by molar-refractivity contribution is -0.121. The summed E-state index contributed by atoms with van der Waals surface area (Å²) in [5.41, 5.74) is 0.970. The van der Waals surface area contributed by atoms with E-state index in [-0.39, 0.29) is 22.5 Å². The molecule has 30 heavy (non-hydrogen) atoms. The molecule has 2 aromatic carbocycles. The highest BCUT2D eigenvalue weighted by molar-refractivity contribution is 8.19. The van der Waals surface area contributed by atoms with Gasteiger partial charge in [-0.25, -0.2) is 4.39 Å². The number of halogens is 1. The molecule has 2 aromatic rings. The number of rotatable bonds is 4. The van der Waals surface area contributed by atoms with Crippen LogP contribution in [0.5, 0.6) is 0 Å². The molecule has 2 heterocycles. The van der Waals surface area contributed by atoms with Crippen LogP contribution in [0, 0.1) is 5.82 Å². The Morgan fingerprint density at radius 3 is 2.50 bits per heavy atom. The summed E-state index contributed by atoms with van der Waals surface area (Å²) < 4.78 is 42.4. The van der Waals surface area contributed by atoms with E-state index in [0.717, 1.165) is 46.6 Å². The van der Waals surface area contributed by atoms with Crippen molar-refractivity contribution in [2.24, 2.45) is 4.40 Å². The van der Waals surface area contributed by atoms with Crippen LogP contribution < -0.4 is 4.90 Å². The predicted molar refractivity (Wildman–Crippen MR) is 118 cm³/mol. The smallest absolute Gasteiger partial charge is 0.284 e. The molecule has 1 saturated heterocycles. The number of hydrogen-bond donors (Lipinski definition) is 0. The van der Waals surface area contributed by atoms with Gasteiger partial charge >= 0.3 is 0 Å². The predicted octanol–water partition coefficient (Wildman–Crippen LogP) is 4.04. The number of thioether (sulfide) groups is 2. The van der Waals surface area contributed by atoms with Crippen molar-refractivity contribution in [3.8, 4) is 0 Å². The van der Waals surface area contributed by atoms with Crippen LogP contribution in [0.25, 0.3) is 0 Å². The fourth-order valence-electron chi connectivity index (χ4n) is 2.96. The minimum absolute atomic E-state index is 0.0386. The number of hydrogen-bond acceptors (Lipinski definition) is 6. The Labute approximate surface area is 182 Å². The number of para-hydroxylation sites is 1. The molecule has 0 aromatic heterocycles. The lowest BCUT2D eigenvalue weighted by Crippen LogP contribution is -2.30. The number of fused-ring (bicyclic) bond motifs is 1. The zero-order valence-corrected chi connectivity index (χ0v) is 18.2. The second-order valence-corrected chi connectivity index (χ2v) is 9.98. The molecule has 154 valence electrons. The Bertz CT molecular complexity index is 1210. The number of carbonyl (C=O) groups is 1. The van der Waals surface area contributed by atoms with E-state index in [0.29, 0.717) is 9.93 Å². The highest BCUT2D eigenvalue weighted by Gasteiger charge is 2.39. The molecule has 0 bridgehead atoms. The first-order valence-electron chi connectivity index (χ1n) is 8.78. The van der Waals surface area contributed by atoms with Crippen molar-refractivity contribution in [3.63, 3.8) is 0 Å². The maximum Gasteiger partial charge on any atom is 0.284 e. The van der Waals surface area contributed by atoms with Gasteiger partial charge in [-0.15, -0.1) is 11.0 Å². The summed E-state index contributed by atoms with van der Waals surface area (Å²) in [4.78, 5) is 17.5. The molecule has 10 heteroatoms. The van der Waals surface area contributed by atoms with Gasteiger partial charge < -0.3 is 4.90 Å². The maximum absolute atomic E-state index is 13.2. The van der Waals surface area contributed by atoms with Gasteiger partial charge in [-0.3, -0.25) is 9.69 Å². The van der Waals surface area contributed by atoms with Gasteiger partial charge in [-0.05, 0) is 48.2 Å². The van der Waals surface area contributed by atoms with Gasteiger partial charge in [0.05, 0.1) is 15.6 Å². The average Bonchev–Trinajstić information content (AvgIpc) is 3.20. The average molecular weight is 462 g/mol. The monoisotopic (exact) mass is 461 g/mol. The van der Waals surface area contributed by atoms with Crippen molar-refractivity contribution < 1.29 is 17.6 Å². The normalized spacial score (nSPS) is 20.2. The van der Waals surface area contributed by atoms with E-state index < -0.39 is 15.8 Å². The Balaban J connectivity index is 1.75. The van der Waals surface area contributed by atoms with Gasteiger partial charge in [0.25, 0.3) is 15.9 Å². The van der Waals surface area contributed by atoms with Crippen LogP contribution in [-0.2, 0) is 14.8 Å². The van der Waals surface area contributed by atoms with Crippen LogP contribution in [0.4, 0.5) is 10.1 Å². The van der Waals surface area contributed by atoms with Crippen LogP contribution in [0.15, 0.2) is 85.3 Å². The second-order valence-electron chi connectivity index (χ2n) is 6.37. The van der Waals surface area contributed by atoms with Crippen molar-refractivity contribution >= 4 is 50.3 Å². The van der Waals surface area contributed by atoms with Crippen LogP contribution in [-0.4, -0.2) is 38.0 Å². The third-order valence-electron chi connectivity index (χ3n) is 4.42. The minimum Gasteiger partial charge on any atom is -0.337 e. The molecule has 0 unspecified atom stereocenters. The van der Waals surface area contributed by atoms with Gasteiger partial charge in [0.15, 0.2) is 5.17 Å². The molecular weight excluding hydrogens is 445 g/mol. The summed E-state index contributed by atoms with van der Waals surface area (Å²) in [6, 6.07) is 12.1. The fourth-order valence-corrected chi connectivity index (χ4v) is 6.49. The fraction of sp³-hybridized carbons (Fsp3) is 0.100. The molecule has 2 aliphatic heterocycles. The summed E-state index contributed by atoms with van der Waals surface area (Å²) in [6.45, 7) is 3.76. The maximum atomic E-state index is 13.2. The summed E-state index contributed by atoms with van der Waals surface area (Å²) in [5.74, 6) is -0.886. The molecule has 4 rings (SSSR count). The summed E-state index contributed by atoms with van der Waals surface area (Å²) in [6.07, 6.45) is 1.51. The van der Waals surface area contributed by atoms with E-state index in [1.807, 2.05) is 36.2 Å². The topological polar surface area (TPSA) is 70.1 Å². The first kappa shape index (κ1) is 20.7. The molecule has 0 radical (unpaired) electrons.